The predicted molar refractivity (Wildman–Crippen MR) is 144 cm³/mol. The van der Waals surface area contributed by atoms with Gasteiger partial charge in [0.1, 0.15) is 18.2 Å². The molecule has 186 valence electrons. The van der Waals surface area contributed by atoms with Gasteiger partial charge >= 0.3 is 0 Å². The molecule has 0 amide bonds. The number of nitrogens with zero attached hydrogens (tertiary/aromatic N) is 5. The van der Waals surface area contributed by atoms with Crippen molar-refractivity contribution in [1.29, 1.82) is 0 Å². The van der Waals surface area contributed by atoms with Gasteiger partial charge < -0.3 is 29.9 Å². The van der Waals surface area contributed by atoms with Crippen LogP contribution in [0.2, 0.25) is 0 Å². The number of rotatable bonds is 9. The summed E-state index contributed by atoms with van der Waals surface area (Å²) in [6.07, 6.45) is 3.53. The molecule has 5 rings (SSSR count). The number of likely N-dealkylation sites (N-methyl/N-ethyl adjacent to an activating group) is 1. The molecule has 0 atom stereocenters. The highest BCUT2D eigenvalue weighted by Gasteiger charge is 2.17. The van der Waals surface area contributed by atoms with Crippen molar-refractivity contribution in [3.05, 3.63) is 67.0 Å². The quantitative estimate of drug-likeness (QED) is 0.360. The van der Waals surface area contributed by atoms with E-state index in [2.05, 4.69) is 47.5 Å². The lowest BCUT2D eigenvalue weighted by atomic mass is 10.2. The Bertz CT molecular complexity index is 1310. The van der Waals surface area contributed by atoms with Gasteiger partial charge in [0, 0.05) is 43.0 Å². The van der Waals surface area contributed by atoms with Crippen LogP contribution in [0.25, 0.3) is 10.9 Å². The molecular weight excluding hydrogens is 454 g/mol. The van der Waals surface area contributed by atoms with E-state index in [9.17, 15) is 0 Å². The van der Waals surface area contributed by atoms with Crippen LogP contribution in [0.4, 0.5) is 28.8 Å². The lowest BCUT2D eigenvalue weighted by Gasteiger charge is -2.30. The minimum Gasteiger partial charge on any atom is -0.490 e. The maximum absolute atomic E-state index is 6.19. The van der Waals surface area contributed by atoms with Gasteiger partial charge in [0.05, 0.1) is 36.3 Å². The number of ether oxygens (including phenoxy) is 2. The third-order valence-corrected chi connectivity index (χ3v) is 5.88. The summed E-state index contributed by atoms with van der Waals surface area (Å²) in [5.74, 6) is 2.00. The molecule has 0 unspecified atom stereocenters. The molecule has 1 aliphatic rings. The van der Waals surface area contributed by atoms with E-state index in [4.69, 9.17) is 9.47 Å². The second-order valence-corrected chi connectivity index (χ2v) is 8.87. The average Bonchev–Trinajstić information content (AvgIpc) is 2.89. The second kappa shape index (κ2) is 11.2. The number of benzene rings is 2. The Hall–Kier alpha value is -3.95. The molecule has 0 spiro atoms. The number of para-hydroxylation sites is 1. The van der Waals surface area contributed by atoms with Crippen molar-refractivity contribution in [2.75, 3.05) is 69.1 Å². The molecule has 0 aliphatic carbocycles. The van der Waals surface area contributed by atoms with E-state index in [0.717, 1.165) is 66.6 Å². The van der Waals surface area contributed by atoms with Crippen molar-refractivity contribution >= 4 is 39.7 Å². The summed E-state index contributed by atoms with van der Waals surface area (Å²) in [7, 11) is 4.08. The van der Waals surface area contributed by atoms with E-state index in [0.29, 0.717) is 18.4 Å². The molecule has 4 aromatic rings. The van der Waals surface area contributed by atoms with E-state index in [1.807, 2.05) is 56.6 Å². The molecule has 1 aliphatic heterocycles. The summed E-state index contributed by atoms with van der Waals surface area (Å²) >= 11 is 0. The van der Waals surface area contributed by atoms with Crippen LogP contribution in [0.1, 0.15) is 0 Å². The van der Waals surface area contributed by atoms with Gasteiger partial charge in [-0.1, -0.05) is 18.2 Å². The van der Waals surface area contributed by atoms with E-state index < -0.39 is 0 Å². The summed E-state index contributed by atoms with van der Waals surface area (Å²) in [6.45, 7) is 4.56. The molecule has 9 nitrogen and oxygen atoms in total. The Labute approximate surface area is 211 Å². The van der Waals surface area contributed by atoms with Crippen molar-refractivity contribution in [3.63, 3.8) is 0 Å². The predicted octanol–water partition coefficient (Wildman–Crippen LogP) is 4.29. The highest BCUT2D eigenvalue weighted by Crippen LogP contribution is 2.33. The number of fused-ring (bicyclic) bond motifs is 1. The van der Waals surface area contributed by atoms with E-state index >= 15 is 0 Å². The Morgan fingerprint density at radius 2 is 1.83 bits per heavy atom. The van der Waals surface area contributed by atoms with Crippen molar-refractivity contribution < 1.29 is 9.47 Å². The molecule has 2 aromatic carbocycles. The number of pyridine rings is 1. The fourth-order valence-corrected chi connectivity index (χ4v) is 4.02. The minimum atomic E-state index is 0.493. The molecule has 1 saturated heterocycles. The van der Waals surface area contributed by atoms with Crippen LogP contribution in [0.3, 0.4) is 0 Å². The average molecular weight is 486 g/mol. The van der Waals surface area contributed by atoms with Gasteiger partial charge in [-0.15, -0.1) is 0 Å². The van der Waals surface area contributed by atoms with Crippen LogP contribution in [0.5, 0.6) is 5.75 Å². The lowest BCUT2D eigenvalue weighted by Crippen LogP contribution is -2.36. The van der Waals surface area contributed by atoms with Gasteiger partial charge in [0.15, 0.2) is 0 Å². The first-order valence-electron chi connectivity index (χ1n) is 12.1. The SMILES string of the molecule is CN(C)CCOc1cc(Nc2nccc(Nc3cnc4ccccc4c3)n2)ccc1N1CCOCC1. The summed E-state index contributed by atoms with van der Waals surface area (Å²) in [5, 5.41) is 7.71. The molecule has 1 fully saturated rings. The molecule has 3 heterocycles. The first-order chi connectivity index (χ1) is 17.6. The fourth-order valence-electron chi connectivity index (χ4n) is 4.02. The molecule has 36 heavy (non-hydrogen) atoms. The summed E-state index contributed by atoms with van der Waals surface area (Å²) < 4.78 is 11.7. The zero-order valence-electron chi connectivity index (χ0n) is 20.6. The van der Waals surface area contributed by atoms with Crippen LogP contribution < -0.4 is 20.3 Å². The Balaban J connectivity index is 1.33. The second-order valence-electron chi connectivity index (χ2n) is 8.87. The summed E-state index contributed by atoms with van der Waals surface area (Å²) in [6, 6.07) is 18.0. The van der Waals surface area contributed by atoms with Crippen LogP contribution >= 0.6 is 0 Å². The van der Waals surface area contributed by atoms with E-state index in [1.165, 1.54) is 0 Å². The van der Waals surface area contributed by atoms with E-state index in [-0.39, 0.29) is 0 Å². The fraction of sp³-hybridized carbons (Fsp3) is 0.296. The molecule has 0 bridgehead atoms. The smallest absolute Gasteiger partial charge is 0.229 e. The maximum Gasteiger partial charge on any atom is 0.229 e. The highest BCUT2D eigenvalue weighted by atomic mass is 16.5. The Morgan fingerprint density at radius 1 is 0.972 bits per heavy atom. The topological polar surface area (TPSA) is 87.7 Å². The minimum absolute atomic E-state index is 0.493. The molecule has 0 radical (unpaired) electrons. The first-order valence-corrected chi connectivity index (χ1v) is 12.1. The van der Waals surface area contributed by atoms with Crippen LogP contribution in [0.15, 0.2) is 67.0 Å². The van der Waals surface area contributed by atoms with Gasteiger partial charge in [-0.2, -0.15) is 4.98 Å². The van der Waals surface area contributed by atoms with Gasteiger partial charge in [-0.3, -0.25) is 4.98 Å². The Morgan fingerprint density at radius 3 is 2.69 bits per heavy atom. The van der Waals surface area contributed by atoms with Crippen molar-refractivity contribution in [1.82, 2.24) is 19.9 Å². The standard InChI is InChI=1S/C27H31N7O2/c1-33(2)11-16-36-25-18-21(7-8-24(25)34-12-14-35-15-13-34)31-27-28-10-9-26(32-27)30-22-17-20-5-3-4-6-23(20)29-19-22/h3-10,17-19H,11-16H2,1-2H3,(H2,28,30,31,32). The number of morpholine rings is 1. The lowest BCUT2D eigenvalue weighted by molar-refractivity contribution is 0.122. The van der Waals surface area contributed by atoms with Gasteiger partial charge in [-0.25, -0.2) is 4.98 Å². The molecule has 0 saturated carbocycles. The van der Waals surface area contributed by atoms with Crippen molar-refractivity contribution in [2.24, 2.45) is 0 Å². The molecule has 2 aromatic heterocycles. The van der Waals surface area contributed by atoms with Gasteiger partial charge in [-0.05, 0) is 44.4 Å². The third kappa shape index (κ3) is 5.99. The number of anilines is 5. The van der Waals surface area contributed by atoms with Crippen LogP contribution in [-0.2, 0) is 4.74 Å². The summed E-state index contributed by atoms with van der Waals surface area (Å²) in [5.41, 5.74) is 3.75. The number of hydrogen-bond acceptors (Lipinski definition) is 9. The normalized spacial score (nSPS) is 13.7. The van der Waals surface area contributed by atoms with Crippen LogP contribution in [-0.4, -0.2) is 73.4 Å². The Kier molecular flexibility index (Phi) is 7.39. The monoisotopic (exact) mass is 485 g/mol. The van der Waals surface area contributed by atoms with Crippen LogP contribution in [0, 0.1) is 0 Å². The van der Waals surface area contributed by atoms with Gasteiger partial charge in [0.2, 0.25) is 5.95 Å². The molecule has 2 N–H and O–H groups in total. The number of aromatic nitrogens is 3. The first kappa shape index (κ1) is 23.8. The highest BCUT2D eigenvalue weighted by molar-refractivity contribution is 5.82. The van der Waals surface area contributed by atoms with Gasteiger partial charge in [0.25, 0.3) is 0 Å². The molecular formula is C27H31N7O2. The van der Waals surface area contributed by atoms with Crippen molar-refractivity contribution in [2.45, 2.75) is 0 Å². The number of nitrogens with one attached hydrogen (secondary N) is 2. The zero-order chi connectivity index (χ0) is 24.7. The zero-order valence-corrected chi connectivity index (χ0v) is 20.6. The third-order valence-electron chi connectivity index (χ3n) is 5.88. The van der Waals surface area contributed by atoms with Crippen molar-refractivity contribution in [3.8, 4) is 5.75 Å². The molecule has 9 heteroatoms. The largest absolute Gasteiger partial charge is 0.490 e. The van der Waals surface area contributed by atoms with E-state index in [1.54, 1.807) is 12.4 Å². The maximum atomic E-state index is 6.19. The summed E-state index contributed by atoms with van der Waals surface area (Å²) in [4.78, 5) is 18.0. The number of hydrogen-bond donors (Lipinski definition) is 2.